The molecule has 0 radical (unpaired) electrons. The van der Waals surface area contributed by atoms with Gasteiger partial charge in [0, 0.05) is 40.1 Å². The smallest absolute Gasteiger partial charge is 0.159 e. The molecule has 0 spiro atoms. The Bertz CT molecular complexity index is 896. The fraction of sp³-hybridized carbons (Fsp3) is 0.526. The van der Waals surface area contributed by atoms with Gasteiger partial charge in [-0.15, -0.1) is 0 Å². The molecular weight excluding hydrogens is 326 g/mol. The Labute approximate surface area is 154 Å². The number of imidazole rings is 1. The highest BCUT2D eigenvalue weighted by Crippen LogP contribution is 2.36. The third kappa shape index (κ3) is 2.86. The molecule has 3 aromatic rings. The van der Waals surface area contributed by atoms with Gasteiger partial charge in [-0.2, -0.15) is 5.10 Å². The highest BCUT2D eigenvalue weighted by Gasteiger charge is 2.33. The van der Waals surface area contributed by atoms with Crippen molar-refractivity contribution in [2.24, 2.45) is 20.0 Å². The monoisotopic (exact) mass is 353 g/mol. The van der Waals surface area contributed by atoms with Gasteiger partial charge in [-0.05, 0) is 38.4 Å². The van der Waals surface area contributed by atoms with Crippen LogP contribution in [0.4, 0.5) is 5.69 Å². The highest BCUT2D eigenvalue weighted by molar-refractivity contribution is 5.88. The van der Waals surface area contributed by atoms with E-state index >= 15 is 0 Å². The van der Waals surface area contributed by atoms with Gasteiger partial charge >= 0.3 is 0 Å². The molecule has 0 aromatic carbocycles. The second-order valence-corrected chi connectivity index (χ2v) is 7.47. The SMILES string of the molecule is CN(C[C@@H]1CCCN(C)[C@H]1c1cncn1C)c1ccnc2c1cnn2C. The highest BCUT2D eigenvalue weighted by atomic mass is 15.3. The van der Waals surface area contributed by atoms with E-state index < -0.39 is 0 Å². The van der Waals surface area contributed by atoms with Crippen LogP contribution < -0.4 is 4.90 Å². The maximum atomic E-state index is 4.46. The van der Waals surface area contributed by atoms with Gasteiger partial charge in [0.15, 0.2) is 5.65 Å². The topological polar surface area (TPSA) is 55.0 Å². The number of piperidine rings is 1. The zero-order valence-electron chi connectivity index (χ0n) is 16.0. The number of hydrogen-bond acceptors (Lipinski definition) is 5. The number of aryl methyl sites for hydroxylation is 2. The lowest BCUT2D eigenvalue weighted by Gasteiger charge is -2.41. The van der Waals surface area contributed by atoms with E-state index in [1.54, 1.807) is 0 Å². The van der Waals surface area contributed by atoms with E-state index in [4.69, 9.17) is 0 Å². The van der Waals surface area contributed by atoms with Crippen molar-refractivity contribution in [3.63, 3.8) is 0 Å². The van der Waals surface area contributed by atoms with Gasteiger partial charge in [-0.25, -0.2) is 9.97 Å². The first-order chi connectivity index (χ1) is 12.6. The van der Waals surface area contributed by atoms with Crippen LogP contribution in [-0.4, -0.2) is 56.4 Å². The molecule has 0 aliphatic carbocycles. The molecule has 4 rings (SSSR count). The minimum absolute atomic E-state index is 0.393. The van der Waals surface area contributed by atoms with Gasteiger partial charge in [0.2, 0.25) is 0 Å². The first-order valence-electron chi connectivity index (χ1n) is 9.20. The van der Waals surface area contributed by atoms with Crippen LogP contribution in [0.25, 0.3) is 11.0 Å². The molecule has 3 aromatic heterocycles. The van der Waals surface area contributed by atoms with E-state index in [0.29, 0.717) is 12.0 Å². The van der Waals surface area contributed by atoms with Gasteiger partial charge in [0.1, 0.15) is 0 Å². The predicted octanol–water partition coefficient (Wildman–Crippen LogP) is 2.22. The van der Waals surface area contributed by atoms with Crippen molar-refractivity contribution in [1.29, 1.82) is 0 Å². The summed E-state index contributed by atoms with van der Waals surface area (Å²) in [6.07, 6.45) is 10.2. The molecule has 0 unspecified atom stereocenters. The molecule has 0 saturated carbocycles. The minimum atomic E-state index is 0.393. The average Bonchev–Trinajstić information content (AvgIpc) is 3.21. The summed E-state index contributed by atoms with van der Waals surface area (Å²) in [5.74, 6) is 0.550. The maximum Gasteiger partial charge on any atom is 0.159 e. The van der Waals surface area contributed by atoms with E-state index in [-0.39, 0.29) is 0 Å². The molecule has 0 bridgehead atoms. The summed E-state index contributed by atoms with van der Waals surface area (Å²) in [6, 6.07) is 2.49. The molecule has 4 heterocycles. The number of likely N-dealkylation sites (tertiary alicyclic amines) is 1. The standard InChI is InChI=1S/C19H27N7/c1-23-9-5-6-14(18(23)17-11-20-13-25(17)3)12-24(2)16-7-8-21-19-15(16)10-22-26(19)4/h7-8,10-11,13-14,18H,5-6,9,12H2,1-4H3/t14-,18+/m0/s1. The normalized spacial score (nSPS) is 21.4. The number of nitrogens with zero attached hydrogens (tertiary/aromatic N) is 7. The molecule has 1 aliphatic heterocycles. The number of pyridine rings is 1. The molecule has 1 fully saturated rings. The van der Waals surface area contributed by atoms with Crippen molar-refractivity contribution in [2.75, 3.05) is 32.1 Å². The van der Waals surface area contributed by atoms with Gasteiger partial charge in [0.25, 0.3) is 0 Å². The van der Waals surface area contributed by atoms with E-state index in [1.807, 2.05) is 36.6 Å². The second-order valence-electron chi connectivity index (χ2n) is 7.47. The lowest BCUT2D eigenvalue weighted by molar-refractivity contribution is 0.119. The zero-order valence-corrected chi connectivity index (χ0v) is 16.0. The molecule has 2 atom stereocenters. The number of hydrogen-bond donors (Lipinski definition) is 0. The van der Waals surface area contributed by atoms with Crippen LogP contribution in [0.1, 0.15) is 24.6 Å². The van der Waals surface area contributed by atoms with Crippen molar-refractivity contribution in [2.45, 2.75) is 18.9 Å². The molecule has 26 heavy (non-hydrogen) atoms. The molecule has 1 saturated heterocycles. The molecule has 0 amide bonds. The first kappa shape index (κ1) is 17.0. The molecule has 7 nitrogen and oxygen atoms in total. The van der Waals surface area contributed by atoms with Crippen molar-refractivity contribution < 1.29 is 0 Å². The summed E-state index contributed by atoms with van der Waals surface area (Å²) in [5.41, 5.74) is 3.42. The maximum absolute atomic E-state index is 4.46. The van der Waals surface area contributed by atoms with E-state index in [2.05, 4.69) is 56.6 Å². The molecule has 138 valence electrons. The Hall–Kier alpha value is -2.41. The Kier molecular flexibility index (Phi) is 4.40. The molecular formula is C19H27N7. The van der Waals surface area contributed by atoms with Crippen molar-refractivity contribution in [1.82, 2.24) is 29.2 Å². The Balaban J connectivity index is 1.62. The summed E-state index contributed by atoms with van der Waals surface area (Å²) in [5, 5.41) is 5.48. The van der Waals surface area contributed by atoms with Crippen molar-refractivity contribution in [3.05, 3.63) is 36.7 Å². The van der Waals surface area contributed by atoms with Crippen LogP contribution in [-0.2, 0) is 14.1 Å². The van der Waals surface area contributed by atoms with Crippen LogP contribution >= 0.6 is 0 Å². The lowest BCUT2D eigenvalue weighted by Crippen LogP contribution is -2.41. The third-order valence-electron chi connectivity index (χ3n) is 5.70. The predicted molar refractivity (Wildman–Crippen MR) is 103 cm³/mol. The summed E-state index contributed by atoms with van der Waals surface area (Å²) in [7, 11) is 8.44. The van der Waals surface area contributed by atoms with Gasteiger partial charge in [-0.1, -0.05) is 0 Å². The summed E-state index contributed by atoms with van der Waals surface area (Å²) >= 11 is 0. The fourth-order valence-corrected chi connectivity index (χ4v) is 4.39. The molecule has 1 aliphatic rings. The second kappa shape index (κ2) is 6.72. The van der Waals surface area contributed by atoms with Crippen molar-refractivity contribution >= 4 is 16.7 Å². The van der Waals surface area contributed by atoms with Gasteiger partial charge in [-0.3, -0.25) is 9.58 Å². The van der Waals surface area contributed by atoms with Crippen LogP contribution in [0.2, 0.25) is 0 Å². The van der Waals surface area contributed by atoms with Gasteiger partial charge in [0.05, 0.1) is 35.3 Å². The van der Waals surface area contributed by atoms with Crippen LogP contribution in [0.5, 0.6) is 0 Å². The number of aromatic nitrogens is 5. The molecule has 7 heteroatoms. The lowest BCUT2D eigenvalue weighted by atomic mass is 9.87. The minimum Gasteiger partial charge on any atom is -0.374 e. The van der Waals surface area contributed by atoms with Crippen LogP contribution in [0.15, 0.2) is 31.0 Å². The van der Waals surface area contributed by atoms with E-state index in [0.717, 1.165) is 24.1 Å². The van der Waals surface area contributed by atoms with Crippen LogP contribution in [0.3, 0.4) is 0 Å². The number of rotatable bonds is 4. The third-order valence-corrected chi connectivity index (χ3v) is 5.70. The summed E-state index contributed by atoms with van der Waals surface area (Å²) in [4.78, 5) is 13.7. The average molecular weight is 353 g/mol. The summed E-state index contributed by atoms with van der Waals surface area (Å²) in [6.45, 7) is 2.13. The summed E-state index contributed by atoms with van der Waals surface area (Å²) < 4.78 is 3.99. The molecule has 0 N–H and O–H groups in total. The Morgan fingerprint density at radius 2 is 2.08 bits per heavy atom. The number of fused-ring (bicyclic) bond motifs is 1. The number of anilines is 1. The fourth-order valence-electron chi connectivity index (χ4n) is 4.39. The quantitative estimate of drug-likeness (QED) is 0.720. The largest absolute Gasteiger partial charge is 0.374 e. The Morgan fingerprint density at radius 1 is 1.23 bits per heavy atom. The Morgan fingerprint density at radius 3 is 2.85 bits per heavy atom. The first-order valence-corrected chi connectivity index (χ1v) is 9.20. The van der Waals surface area contributed by atoms with E-state index in [1.165, 1.54) is 24.2 Å². The van der Waals surface area contributed by atoms with Gasteiger partial charge < -0.3 is 9.47 Å². The zero-order chi connectivity index (χ0) is 18.3. The van der Waals surface area contributed by atoms with Crippen molar-refractivity contribution in [3.8, 4) is 0 Å². The van der Waals surface area contributed by atoms with Crippen LogP contribution in [0, 0.1) is 5.92 Å². The van der Waals surface area contributed by atoms with E-state index in [9.17, 15) is 0 Å².